The first-order valence-corrected chi connectivity index (χ1v) is 9.55. The van der Waals surface area contributed by atoms with Crippen molar-refractivity contribution in [3.05, 3.63) is 76.6 Å². The molecule has 1 atom stereocenters. The second-order valence-electron chi connectivity index (χ2n) is 6.88. The molecule has 2 aromatic rings. The monoisotopic (exact) mass is 426 g/mol. The van der Waals surface area contributed by atoms with Gasteiger partial charge in [0.15, 0.2) is 17.3 Å². The van der Waals surface area contributed by atoms with Crippen LogP contribution in [0.4, 0.5) is 0 Å². The number of benzene rings is 2. The van der Waals surface area contributed by atoms with E-state index in [0.717, 1.165) is 0 Å². The number of carbonyl (C=O) groups excluding carboxylic acids is 1. The highest BCUT2D eigenvalue weighted by Gasteiger charge is 2.50. The Hall–Kier alpha value is -3.49. The molecule has 0 saturated carbocycles. The number of hydrogen-bond acceptors (Lipinski definition) is 8. The van der Waals surface area contributed by atoms with Gasteiger partial charge in [-0.15, -0.1) is 0 Å². The summed E-state index contributed by atoms with van der Waals surface area (Å²) in [5.74, 6) is -0.907. The summed E-state index contributed by atoms with van der Waals surface area (Å²) in [4.78, 5) is 22.9. The molecule has 162 valence electrons. The first-order chi connectivity index (χ1) is 15.0. The van der Waals surface area contributed by atoms with Gasteiger partial charge in [0.05, 0.1) is 21.3 Å². The molecule has 0 aliphatic carbocycles. The first kappa shape index (κ1) is 20.8. The summed E-state index contributed by atoms with van der Waals surface area (Å²) in [6.07, 6.45) is 1.74. The van der Waals surface area contributed by atoms with Crippen LogP contribution in [0.1, 0.15) is 11.1 Å². The van der Waals surface area contributed by atoms with Gasteiger partial charge in [-0.05, 0) is 36.4 Å². The Morgan fingerprint density at radius 1 is 1.03 bits per heavy atom. The topological polar surface area (TPSA) is 92.7 Å². The fraction of sp³-hybridized carbons (Fsp3) is 0.261. The number of para-hydroxylation sites is 1. The first-order valence-electron chi connectivity index (χ1n) is 9.55. The van der Waals surface area contributed by atoms with Crippen LogP contribution < -0.4 is 14.2 Å². The normalized spacial score (nSPS) is 20.3. The molecule has 2 aliphatic rings. The van der Waals surface area contributed by atoms with E-state index in [4.69, 9.17) is 28.7 Å². The maximum Gasteiger partial charge on any atom is 0.345 e. The molecule has 0 bridgehead atoms. The number of cyclic esters (lactones) is 1. The van der Waals surface area contributed by atoms with Crippen molar-refractivity contribution in [2.45, 2.75) is 12.2 Å². The third-order valence-electron chi connectivity index (χ3n) is 5.22. The van der Waals surface area contributed by atoms with Gasteiger partial charge in [-0.3, -0.25) is 0 Å². The predicted molar refractivity (Wildman–Crippen MR) is 108 cm³/mol. The summed E-state index contributed by atoms with van der Waals surface area (Å²) in [6.45, 7) is 0.183. The van der Waals surface area contributed by atoms with Gasteiger partial charge < -0.3 is 28.9 Å². The molecule has 0 fully saturated rings. The second-order valence-corrected chi connectivity index (χ2v) is 6.88. The third-order valence-corrected chi connectivity index (χ3v) is 5.22. The summed E-state index contributed by atoms with van der Waals surface area (Å²) < 4.78 is 21.6. The van der Waals surface area contributed by atoms with E-state index in [1.54, 1.807) is 49.6 Å². The van der Waals surface area contributed by atoms with Crippen molar-refractivity contribution in [3.63, 3.8) is 0 Å². The summed E-state index contributed by atoms with van der Waals surface area (Å²) in [5.41, 5.74) is 1.47. The van der Waals surface area contributed by atoms with E-state index in [0.29, 0.717) is 33.9 Å². The Morgan fingerprint density at radius 3 is 2.42 bits per heavy atom. The smallest absolute Gasteiger partial charge is 0.345 e. The Morgan fingerprint density at radius 2 is 1.81 bits per heavy atom. The minimum absolute atomic E-state index is 0.112. The summed E-state index contributed by atoms with van der Waals surface area (Å²) in [6, 6.07) is 12.0. The highest BCUT2D eigenvalue weighted by molar-refractivity contribution is 5.97. The van der Waals surface area contributed by atoms with Crippen LogP contribution in [0, 0.1) is 0 Å². The van der Waals surface area contributed by atoms with Gasteiger partial charge in [0.1, 0.15) is 17.9 Å². The minimum atomic E-state index is -2.01. The largest absolute Gasteiger partial charge is 0.497 e. The zero-order chi connectivity index (χ0) is 22.0. The van der Waals surface area contributed by atoms with E-state index in [2.05, 4.69) is 0 Å². The Bertz CT molecular complexity index is 1050. The number of hydrogen-bond donors (Lipinski definition) is 1. The Labute approximate surface area is 179 Å². The van der Waals surface area contributed by atoms with Crippen molar-refractivity contribution in [1.29, 1.82) is 0 Å². The molecule has 31 heavy (non-hydrogen) atoms. The lowest BCUT2D eigenvalue weighted by Gasteiger charge is -2.26. The van der Waals surface area contributed by atoms with Crippen LogP contribution in [0.15, 0.2) is 65.4 Å². The van der Waals surface area contributed by atoms with Gasteiger partial charge >= 0.3 is 5.97 Å². The van der Waals surface area contributed by atoms with Gasteiger partial charge in [0.25, 0.3) is 5.79 Å². The van der Waals surface area contributed by atoms with E-state index < -0.39 is 11.8 Å². The number of methoxy groups -OCH3 is 3. The quantitative estimate of drug-likeness (QED) is 0.534. The lowest BCUT2D eigenvalue weighted by atomic mass is 9.89. The van der Waals surface area contributed by atoms with Crippen LogP contribution in [0.3, 0.4) is 0 Å². The lowest BCUT2D eigenvalue weighted by molar-refractivity contribution is -0.231. The lowest BCUT2D eigenvalue weighted by Crippen LogP contribution is -2.29. The Kier molecular flexibility index (Phi) is 5.58. The maximum atomic E-state index is 12.9. The van der Waals surface area contributed by atoms with Gasteiger partial charge in [0.2, 0.25) is 0 Å². The third kappa shape index (κ3) is 3.60. The minimum Gasteiger partial charge on any atom is -0.497 e. The maximum absolute atomic E-state index is 12.9. The number of aliphatic hydroxyl groups is 1. The summed E-state index contributed by atoms with van der Waals surface area (Å²) in [7, 11) is 4.61. The molecule has 0 spiro atoms. The molecule has 0 amide bonds. The predicted octanol–water partition coefficient (Wildman–Crippen LogP) is 2.80. The zero-order valence-corrected chi connectivity index (χ0v) is 17.3. The van der Waals surface area contributed by atoms with E-state index in [-0.39, 0.29) is 24.4 Å². The number of rotatable bonds is 7. The van der Waals surface area contributed by atoms with Crippen molar-refractivity contribution in [2.24, 2.45) is 0 Å². The van der Waals surface area contributed by atoms with Crippen molar-refractivity contribution in [2.75, 3.05) is 27.9 Å². The standard InChI is InChI=1S/C23H22O8/c1-26-16-9-7-15(8-10-16)23(25)17(20(22(24)30-23)18-11-12-29-31-18)13-14-5-4-6-19(27-2)21(14)28-3/h4-11,25H,12-13H2,1-3H3. The van der Waals surface area contributed by atoms with E-state index in [9.17, 15) is 9.90 Å². The van der Waals surface area contributed by atoms with E-state index in [1.165, 1.54) is 14.2 Å². The van der Waals surface area contributed by atoms with E-state index >= 15 is 0 Å². The molecule has 0 aromatic heterocycles. The van der Waals surface area contributed by atoms with Crippen molar-refractivity contribution in [1.82, 2.24) is 0 Å². The molecular formula is C23H22O8. The van der Waals surface area contributed by atoms with Crippen molar-refractivity contribution in [3.8, 4) is 17.2 Å². The van der Waals surface area contributed by atoms with Crippen molar-refractivity contribution < 1.29 is 38.6 Å². The van der Waals surface area contributed by atoms with Crippen LogP contribution in [0.5, 0.6) is 17.2 Å². The Balaban J connectivity index is 1.86. The molecule has 1 N–H and O–H groups in total. The highest BCUT2D eigenvalue weighted by atomic mass is 17.2. The molecule has 4 rings (SSSR count). The fourth-order valence-corrected chi connectivity index (χ4v) is 3.72. The molecule has 2 aromatic carbocycles. The average molecular weight is 426 g/mol. The summed E-state index contributed by atoms with van der Waals surface area (Å²) in [5, 5.41) is 11.6. The van der Waals surface area contributed by atoms with Gasteiger partial charge in [0, 0.05) is 23.1 Å². The molecule has 2 aliphatic heterocycles. The number of carbonyl (C=O) groups is 1. The molecule has 1 unspecified atom stereocenters. The SMILES string of the molecule is COc1ccc(C2(O)OC(=O)C(C3=CCOO3)=C2Cc2cccc(OC)c2OC)cc1. The van der Waals surface area contributed by atoms with Gasteiger partial charge in [-0.25, -0.2) is 4.79 Å². The molecular weight excluding hydrogens is 404 g/mol. The van der Waals surface area contributed by atoms with Crippen LogP contribution in [0.25, 0.3) is 0 Å². The molecule has 8 nitrogen and oxygen atoms in total. The fourth-order valence-electron chi connectivity index (χ4n) is 3.72. The highest BCUT2D eigenvalue weighted by Crippen LogP contribution is 2.46. The zero-order valence-electron chi connectivity index (χ0n) is 17.3. The number of esters is 1. The van der Waals surface area contributed by atoms with Gasteiger partial charge in [-0.1, -0.05) is 12.1 Å². The number of ether oxygens (including phenoxy) is 4. The van der Waals surface area contributed by atoms with E-state index in [1.807, 2.05) is 6.07 Å². The van der Waals surface area contributed by atoms with Crippen LogP contribution in [-0.4, -0.2) is 39.0 Å². The average Bonchev–Trinajstić information content (AvgIpc) is 3.40. The molecule has 0 radical (unpaired) electrons. The van der Waals surface area contributed by atoms with Crippen molar-refractivity contribution >= 4 is 5.97 Å². The molecule has 0 saturated heterocycles. The second kappa shape index (κ2) is 8.33. The van der Waals surface area contributed by atoms with Crippen LogP contribution >= 0.6 is 0 Å². The summed E-state index contributed by atoms with van der Waals surface area (Å²) >= 11 is 0. The van der Waals surface area contributed by atoms with Gasteiger partial charge in [-0.2, -0.15) is 4.89 Å². The molecule has 8 heteroatoms. The van der Waals surface area contributed by atoms with Crippen LogP contribution in [-0.2, 0) is 31.5 Å². The van der Waals surface area contributed by atoms with Crippen LogP contribution in [0.2, 0.25) is 0 Å². The molecule has 2 heterocycles.